The van der Waals surface area contributed by atoms with Gasteiger partial charge in [0.15, 0.2) is 5.69 Å². The van der Waals surface area contributed by atoms with Gasteiger partial charge in [-0.05, 0) is 43.5 Å². The molecule has 164 valence electrons. The van der Waals surface area contributed by atoms with E-state index < -0.39 is 15.9 Å². The Bertz CT molecular complexity index is 1330. The van der Waals surface area contributed by atoms with Crippen LogP contribution in [0.15, 0.2) is 40.0 Å². The number of nitrogens with one attached hydrogen (secondary N) is 2. The van der Waals surface area contributed by atoms with Gasteiger partial charge in [0.05, 0.1) is 10.4 Å². The lowest BCUT2D eigenvalue weighted by Gasteiger charge is -2.15. The van der Waals surface area contributed by atoms with Crippen LogP contribution in [0.2, 0.25) is 10.0 Å². The van der Waals surface area contributed by atoms with Gasteiger partial charge in [-0.25, -0.2) is 13.1 Å². The number of aryl methyl sites for hydroxylation is 2. The number of hydrogen-bond acceptors (Lipinski definition) is 5. The summed E-state index contributed by atoms with van der Waals surface area (Å²) in [6.07, 6.45) is 0.630. The van der Waals surface area contributed by atoms with Crippen LogP contribution in [-0.4, -0.2) is 24.1 Å². The molecule has 0 unspecified atom stereocenters. The number of sulfonamides is 1. The van der Waals surface area contributed by atoms with Crippen LogP contribution in [0.4, 0.5) is 0 Å². The van der Waals surface area contributed by atoms with Gasteiger partial charge in [-0.15, -0.1) is 4.83 Å². The van der Waals surface area contributed by atoms with E-state index in [1.165, 1.54) is 11.6 Å². The molecular weight excluding hydrogens is 463 g/mol. The van der Waals surface area contributed by atoms with Crippen molar-refractivity contribution in [1.82, 2.24) is 20.0 Å². The summed E-state index contributed by atoms with van der Waals surface area (Å²) in [4.78, 5) is 27.2. The van der Waals surface area contributed by atoms with Crippen LogP contribution in [-0.2, 0) is 16.6 Å². The van der Waals surface area contributed by atoms with Crippen LogP contribution < -0.4 is 15.8 Å². The van der Waals surface area contributed by atoms with Gasteiger partial charge in [-0.1, -0.05) is 48.3 Å². The van der Waals surface area contributed by atoms with Gasteiger partial charge < -0.3 is 0 Å². The average Bonchev–Trinajstić information content (AvgIpc) is 2.73. The summed E-state index contributed by atoms with van der Waals surface area (Å²) in [7, 11) is -4.25. The second kappa shape index (κ2) is 8.96. The number of amides is 1. The summed E-state index contributed by atoms with van der Waals surface area (Å²) in [5.41, 5.74) is 2.47. The third-order valence-corrected chi connectivity index (χ3v) is 7.08. The van der Waals surface area contributed by atoms with E-state index in [4.69, 9.17) is 23.2 Å². The molecule has 31 heavy (non-hydrogen) atoms. The molecule has 1 aromatic heterocycles. The molecule has 0 aliphatic rings. The molecule has 0 atom stereocenters. The summed E-state index contributed by atoms with van der Waals surface area (Å²) in [5, 5.41) is 4.99. The minimum atomic E-state index is -4.25. The standard InChI is InChI=1S/C20H20Cl2N4O4S/c1-4-9-26-20(28)14-8-6-5-7-13(14)17(24-26)19(27)23-25-31(29,30)18-12(3)15(21)10-11(2)16(18)22/h5-8,10,25H,4,9H2,1-3H3,(H,23,27). The van der Waals surface area contributed by atoms with Crippen LogP contribution in [0.5, 0.6) is 0 Å². The minimum absolute atomic E-state index is 0.00344. The van der Waals surface area contributed by atoms with E-state index in [-0.39, 0.29) is 31.8 Å². The van der Waals surface area contributed by atoms with Gasteiger partial charge in [0, 0.05) is 17.0 Å². The number of hydrazine groups is 1. The highest BCUT2D eigenvalue weighted by molar-refractivity contribution is 7.89. The predicted octanol–water partition coefficient (Wildman–Crippen LogP) is 3.35. The second-order valence-corrected chi connectivity index (χ2v) is 9.33. The van der Waals surface area contributed by atoms with Crippen molar-refractivity contribution >= 4 is 49.9 Å². The summed E-state index contributed by atoms with van der Waals surface area (Å²) < 4.78 is 26.9. The lowest BCUT2D eigenvalue weighted by molar-refractivity contribution is 0.0939. The van der Waals surface area contributed by atoms with Crippen LogP contribution in [0.25, 0.3) is 10.8 Å². The molecule has 1 amide bonds. The van der Waals surface area contributed by atoms with Gasteiger partial charge in [0.25, 0.3) is 21.5 Å². The zero-order valence-electron chi connectivity index (χ0n) is 17.0. The normalized spacial score (nSPS) is 11.6. The van der Waals surface area contributed by atoms with Crippen molar-refractivity contribution in [2.45, 2.75) is 38.6 Å². The SMILES string of the molecule is CCCn1nc(C(=O)NNS(=O)(=O)c2c(C)c(Cl)cc(C)c2Cl)c2ccccc2c1=O. The second-order valence-electron chi connectivity index (χ2n) is 6.93. The molecule has 0 saturated heterocycles. The zero-order chi connectivity index (χ0) is 22.9. The van der Waals surface area contributed by atoms with Crippen LogP contribution in [0.3, 0.4) is 0 Å². The lowest BCUT2D eigenvalue weighted by atomic mass is 10.1. The fraction of sp³-hybridized carbons (Fsp3) is 0.250. The molecule has 8 nitrogen and oxygen atoms in total. The number of aromatic nitrogens is 2. The number of hydrogen-bond donors (Lipinski definition) is 2. The Hall–Kier alpha value is -2.46. The maximum absolute atomic E-state index is 12.9. The topological polar surface area (TPSA) is 110 Å². The molecule has 0 fully saturated rings. The molecule has 0 saturated carbocycles. The van der Waals surface area contributed by atoms with Gasteiger partial charge in [0.2, 0.25) is 0 Å². The molecule has 0 bridgehead atoms. The Labute approximate surface area is 189 Å². The number of rotatable bonds is 6. The zero-order valence-corrected chi connectivity index (χ0v) is 19.3. The predicted molar refractivity (Wildman–Crippen MR) is 120 cm³/mol. The van der Waals surface area contributed by atoms with Gasteiger partial charge in [-0.2, -0.15) is 5.10 Å². The van der Waals surface area contributed by atoms with E-state index in [1.54, 1.807) is 37.3 Å². The van der Waals surface area contributed by atoms with Crippen LogP contribution in [0, 0.1) is 13.8 Å². The van der Waals surface area contributed by atoms with E-state index in [0.717, 1.165) is 0 Å². The molecule has 2 N–H and O–H groups in total. The maximum Gasteiger partial charge on any atom is 0.287 e. The Morgan fingerprint density at radius 3 is 2.45 bits per heavy atom. The monoisotopic (exact) mass is 482 g/mol. The van der Waals surface area contributed by atoms with Crippen LogP contribution in [0.1, 0.15) is 35.0 Å². The molecule has 0 radical (unpaired) electrons. The Balaban J connectivity index is 1.99. The van der Waals surface area contributed by atoms with Gasteiger partial charge >= 0.3 is 0 Å². The van der Waals surface area contributed by atoms with Crippen LogP contribution >= 0.6 is 23.2 Å². The number of halogens is 2. The first-order valence-electron chi connectivity index (χ1n) is 9.35. The van der Waals surface area contributed by atoms with E-state index in [2.05, 4.69) is 10.5 Å². The molecule has 1 heterocycles. The summed E-state index contributed by atoms with van der Waals surface area (Å²) in [5.74, 6) is -0.822. The first-order chi connectivity index (χ1) is 14.6. The van der Waals surface area contributed by atoms with Crippen molar-refractivity contribution in [3.63, 3.8) is 0 Å². The summed E-state index contributed by atoms with van der Waals surface area (Å²) >= 11 is 12.3. The Morgan fingerprint density at radius 2 is 1.81 bits per heavy atom. The van der Waals surface area contributed by atoms with Crippen molar-refractivity contribution in [3.05, 3.63) is 67.6 Å². The minimum Gasteiger partial charge on any atom is -0.272 e. The Kier molecular flexibility index (Phi) is 6.70. The number of carbonyl (C=O) groups is 1. The third kappa shape index (κ3) is 4.45. The third-order valence-electron chi connectivity index (χ3n) is 4.67. The van der Waals surface area contributed by atoms with E-state index in [9.17, 15) is 18.0 Å². The highest BCUT2D eigenvalue weighted by atomic mass is 35.5. The van der Waals surface area contributed by atoms with E-state index >= 15 is 0 Å². The number of carbonyl (C=O) groups excluding carboxylic acids is 1. The summed E-state index contributed by atoms with van der Waals surface area (Å²) in [6.45, 7) is 5.32. The first kappa shape index (κ1) is 23.2. The molecule has 0 aliphatic heterocycles. The van der Waals surface area contributed by atoms with Crippen molar-refractivity contribution in [2.24, 2.45) is 0 Å². The maximum atomic E-state index is 12.9. The molecule has 3 aromatic rings. The number of fused-ring (bicyclic) bond motifs is 1. The van der Waals surface area contributed by atoms with Gasteiger partial charge in [-0.3, -0.25) is 15.0 Å². The fourth-order valence-electron chi connectivity index (χ4n) is 3.12. The molecule has 11 heteroatoms. The lowest BCUT2D eigenvalue weighted by Crippen LogP contribution is -2.43. The quantitative estimate of drug-likeness (QED) is 0.523. The van der Waals surface area contributed by atoms with E-state index in [0.29, 0.717) is 29.3 Å². The number of benzene rings is 2. The van der Waals surface area contributed by atoms with Crippen molar-refractivity contribution in [3.8, 4) is 0 Å². The Morgan fingerprint density at radius 1 is 1.16 bits per heavy atom. The van der Waals surface area contributed by atoms with Crippen molar-refractivity contribution in [1.29, 1.82) is 0 Å². The summed E-state index contributed by atoms with van der Waals surface area (Å²) in [6, 6.07) is 8.06. The molecular formula is C20H20Cl2N4O4S. The highest BCUT2D eigenvalue weighted by Gasteiger charge is 2.25. The highest BCUT2D eigenvalue weighted by Crippen LogP contribution is 2.33. The molecule has 0 spiro atoms. The first-order valence-corrected chi connectivity index (χ1v) is 11.6. The smallest absolute Gasteiger partial charge is 0.272 e. The largest absolute Gasteiger partial charge is 0.287 e. The van der Waals surface area contributed by atoms with Crippen molar-refractivity contribution < 1.29 is 13.2 Å². The average molecular weight is 483 g/mol. The fourth-order valence-corrected chi connectivity index (χ4v) is 5.18. The molecule has 3 rings (SSSR count). The molecule has 2 aromatic carbocycles. The van der Waals surface area contributed by atoms with E-state index in [1.807, 2.05) is 11.8 Å². The van der Waals surface area contributed by atoms with Gasteiger partial charge in [0.1, 0.15) is 4.90 Å². The molecule has 0 aliphatic carbocycles. The number of nitrogens with zero attached hydrogens (tertiary/aromatic N) is 2. The van der Waals surface area contributed by atoms with Crippen molar-refractivity contribution in [2.75, 3.05) is 0 Å².